The van der Waals surface area contributed by atoms with Crippen LogP contribution in [0.15, 0.2) is 6.07 Å². The number of aryl methyl sites for hydroxylation is 2. The van der Waals surface area contributed by atoms with Gasteiger partial charge in [-0.1, -0.05) is 0 Å². The first kappa shape index (κ1) is 12.8. The van der Waals surface area contributed by atoms with Gasteiger partial charge < -0.3 is 10.0 Å². The molecule has 6 nitrogen and oxygen atoms in total. The molecule has 0 radical (unpaired) electrons. The lowest BCUT2D eigenvalue weighted by molar-refractivity contribution is 0.00601. The number of aromatic nitrogens is 3. The lowest BCUT2D eigenvalue weighted by atomic mass is 10.0. The first-order valence-corrected chi connectivity index (χ1v) is 7.36. The van der Waals surface area contributed by atoms with Crippen LogP contribution in [-0.4, -0.2) is 49.9 Å². The highest BCUT2D eigenvalue weighted by molar-refractivity contribution is 6.06. The SMILES string of the molecule is Cc1nn(C)c2nc(C3CC3)cc(C(=O)N3CC(O)C3)c12. The van der Waals surface area contributed by atoms with Gasteiger partial charge in [0.25, 0.3) is 5.91 Å². The Balaban J connectivity index is 1.87. The van der Waals surface area contributed by atoms with E-state index in [4.69, 9.17) is 4.98 Å². The van der Waals surface area contributed by atoms with Gasteiger partial charge in [0.15, 0.2) is 5.65 Å². The minimum absolute atomic E-state index is 0.0225. The van der Waals surface area contributed by atoms with E-state index in [0.29, 0.717) is 24.6 Å². The summed E-state index contributed by atoms with van der Waals surface area (Å²) in [5.41, 5.74) is 3.28. The average Bonchev–Trinajstić information content (AvgIpc) is 3.22. The van der Waals surface area contributed by atoms with E-state index < -0.39 is 0 Å². The number of aliphatic hydroxyl groups excluding tert-OH is 1. The van der Waals surface area contributed by atoms with Crippen LogP contribution in [0.1, 0.15) is 40.5 Å². The van der Waals surface area contributed by atoms with Crippen molar-refractivity contribution in [3.8, 4) is 0 Å². The van der Waals surface area contributed by atoms with Crippen molar-refractivity contribution in [3.05, 3.63) is 23.0 Å². The van der Waals surface area contributed by atoms with E-state index in [1.807, 2.05) is 20.0 Å². The average molecular weight is 286 g/mol. The van der Waals surface area contributed by atoms with Crippen molar-refractivity contribution in [2.75, 3.05) is 13.1 Å². The fourth-order valence-electron chi connectivity index (χ4n) is 3.01. The molecule has 1 saturated carbocycles. The summed E-state index contributed by atoms with van der Waals surface area (Å²) >= 11 is 0. The molecule has 0 bridgehead atoms. The van der Waals surface area contributed by atoms with Crippen LogP contribution >= 0.6 is 0 Å². The van der Waals surface area contributed by atoms with Crippen LogP contribution in [0.5, 0.6) is 0 Å². The van der Waals surface area contributed by atoms with Gasteiger partial charge in [-0.3, -0.25) is 9.48 Å². The number of fused-ring (bicyclic) bond motifs is 1. The van der Waals surface area contributed by atoms with Gasteiger partial charge in [0.2, 0.25) is 0 Å². The van der Waals surface area contributed by atoms with Crippen molar-refractivity contribution in [2.24, 2.45) is 7.05 Å². The Morgan fingerprint density at radius 3 is 2.71 bits per heavy atom. The Hall–Kier alpha value is -1.95. The first-order chi connectivity index (χ1) is 10.0. The number of hydrogen-bond acceptors (Lipinski definition) is 4. The minimum atomic E-state index is -0.385. The second-order valence-electron chi connectivity index (χ2n) is 6.14. The molecule has 0 unspecified atom stereocenters. The molecular weight excluding hydrogens is 268 g/mol. The smallest absolute Gasteiger partial charge is 0.254 e. The summed E-state index contributed by atoms with van der Waals surface area (Å²) in [6.07, 6.45) is 1.90. The van der Waals surface area contributed by atoms with E-state index in [0.717, 1.165) is 35.3 Å². The van der Waals surface area contributed by atoms with E-state index in [-0.39, 0.29) is 12.0 Å². The number of nitrogens with zero attached hydrogens (tertiary/aromatic N) is 4. The highest BCUT2D eigenvalue weighted by atomic mass is 16.3. The largest absolute Gasteiger partial charge is 0.389 e. The van der Waals surface area contributed by atoms with Gasteiger partial charge >= 0.3 is 0 Å². The summed E-state index contributed by atoms with van der Waals surface area (Å²) < 4.78 is 1.75. The van der Waals surface area contributed by atoms with Crippen LogP contribution in [0, 0.1) is 6.92 Å². The molecule has 21 heavy (non-hydrogen) atoms. The Morgan fingerprint density at radius 2 is 2.10 bits per heavy atom. The molecule has 1 N–H and O–H groups in total. The summed E-state index contributed by atoms with van der Waals surface area (Å²) in [6, 6.07) is 1.93. The summed E-state index contributed by atoms with van der Waals surface area (Å²) in [5, 5.41) is 14.7. The first-order valence-electron chi connectivity index (χ1n) is 7.36. The summed E-state index contributed by atoms with van der Waals surface area (Å²) in [4.78, 5) is 19.1. The molecule has 2 aromatic heterocycles. The Morgan fingerprint density at radius 1 is 1.38 bits per heavy atom. The Bertz CT molecular complexity index is 742. The van der Waals surface area contributed by atoms with Gasteiger partial charge in [-0.2, -0.15) is 5.10 Å². The van der Waals surface area contributed by atoms with E-state index >= 15 is 0 Å². The third-order valence-electron chi connectivity index (χ3n) is 4.36. The molecule has 2 fully saturated rings. The monoisotopic (exact) mass is 286 g/mol. The van der Waals surface area contributed by atoms with Gasteiger partial charge in [0.1, 0.15) is 0 Å². The molecule has 1 saturated heterocycles. The summed E-state index contributed by atoms with van der Waals surface area (Å²) in [5.74, 6) is 0.462. The normalized spacial score (nSPS) is 19.1. The van der Waals surface area contributed by atoms with Gasteiger partial charge in [-0.05, 0) is 25.8 Å². The van der Waals surface area contributed by atoms with Crippen molar-refractivity contribution in [1.82, 2.24) is 19.7 Å². The standard InChI is InChI=1S/C15H18N4O2/c1-8-13-11(15(21)19-6-10(20)7-19)5-12(9-3-4-9)16-14(13)18(2)17-8/h5,9-10,20H,3-4,6-7H2,1-2H3. The molecular formula is C15H18N4O2. The third kappa shape index (κ3) is 1.93. The zero-order chi connectivity index (χ0) is 14.7. The maximum Gasteiger partial charge on any atom is 0.254 e. The van der Waals surface area contributed by atoms with Crippen LogP contribution in [0.2, 0.25) is 0 Å². The molecule has 1 aliphatic carbocycles. The van der Waals surface area contributed by atoms with Crippen molar-refractivity contribution in [1.29, 1.82) is 0 Å². The van der Waals surface area contributed by atoms with Gasteiger partial charge in [0, 0.05) is 31.7 Å². The molecule has 4 rings (SSSR count). The number of carbonyl (C=O) groups excluding carboxylic acids is 1. The second-order valence-corrected chi connectivity index (χ2v) is 6.14. The molecule has 110 valence electrons. The molecule has 2 aromatic rings. The molecule has 1 aliphatic heterocycles. The Labute approximate surface area is 122 Å². The van der Waals surface area contributed by atoms with Crippen LogP contribution in [-0.2, 0) is 7.05 Å². The summed E-state index contributed by atoms with van der Waals surface area (Å²) in [6.45, 7) is 2.74. The van der Waals surface area contributed by atoms with Crippen molar-refractivity contribution in [3.63, 3.8) is 0 Å². The van der Waals surface area contributed by atoms with Crippen LogP contribution < -0.4 is 0 Å². The molecule has 0 spiro atoms. The maximum atomic E-state index is 12.7. The molecule has 2 aliphatic rings. The molecule has 3 heterocycles. The fourth-order valence-corrected chi connectivity index (χ4v) is 3.01. The van der Waals surface area contributed by atoms with Crippen molar-refractivity contribution < 1.29 is 9.90 Å². The van der Waals surface area contributed by atoms with Crippen LogP contribution in [0.3, 0.4) is 0 Å². The highest BCUT2D eigenvalue weighted by Crippen LogP contribution is 2.40. The Kier molecular flexibility index (Phi) is 2.60. The van der Waals surface area contributed by atoms with Gasteiger partial charge in [-0.25, -0.2) is 4.98 Å². The lowest BCUT2D eigenvalue weighted by Gasteiger charge is -2.36. The second kappa shape index (κ2) is 4.27. The third-order valence-corrected chi connectivity index (χ3v) is 4.36. The van der Waals surface area contributed by atoms with E-state index in [2.05, 4.69) is 5.10 Å². The number of likely N-dealkylation sites (tertiary alicyclic amines) is 1. The minimum Gasteiger partial charge on any atom is -0.389 e. The van der Waals surface area contributed by atoms with Crippen molar-refractivity contribution in [2.45, 2.75) is 31.8 Å². The molecule has 1 amide bonds. The number of carbonyl (C=O) groups is 1. The number of β-amino-alcohol motifs (C(OH)–C–C–N with tert-alkyl or cyclic N) is 1. The fraction of sp³-hybridized carbons (Fsp3) is 0.533. The van der Waals surface area contributed by atoms with E-state index in [9.17, 15) is 9.90 Å². The number of rotatable bonds is 2. The maximum absolute atomic E-state index is 12.7. The highest BCUT2D eigenvalue weighted by Gasteiger charge is 2.33. The van der Waals surface area contributed by atoms with Gasteiger partial charge in [0.05, 0.1) is 22.7 Å². The number of aliphatic hydroxyl groups is 1. The number of pyridine rings is 1. The van der Waals surface area contributed by atoms with E-state index in [1.165, 1.54) is 0 Å². The van der Waals surface area contributed by atoms with Gasteiger partial charge in [-0.15, -0.1) is 0 Å². The zero-order valence-electron chi connectivity index (χ0n) is 12.2. The van der Waals surface area contributed by atoms with Crippen LogP contribution in [0.25, 0.3) is 11.0 Å². The molecule has 0 atom stereocenters. The van der Waals surface area contributed by atoms with Crippen LogP contribution in [0.4, 0.5) is 0 Å². The molecule has 0 aromatic carbocycles. The number of amides is 1. The predicted octanol–water partition coefficient (Wildman–Crippen LogP) is 0.971. The molecule has 6 heteroatoms. The predicted molar refractivity (Wildman–Crippen MR) is 77.1 cm³/mol. The van der Waals surface area contributed by atoms with Crippen molar-refractivity contribution >= 4 is 16.9 Å². The lowest BCUT2D eigenvalue weighted by Crippen LogP contribution is -2.53. The van der Waals surface area contributed by atoms with E-state index in [1.54, 1.807) is 9.58 Å². The zero-order valence-corrected chi connectivity index (χ0v) is 12.2. The summed E-state index contributed by atoms with van der Waals surface area (Å²) in [7, 11) is 1.86. The topological polar surface area (TPSA) is 71.2 Å². The quantitative estimate of drug-likeness (QED) is 0.893. The number of hydrogen-bond donors (Lipinski definition) is 1.